The van der Waals surface area contributed by atoms with E-state index in [1.807, 2.05) is 17.0 Å². The first-order valence-electron chi connectivity index (χ1n) is 10.8. The number of amides is 2. The fourth-order valence-electron chi connectivity index (χ4n) is 4.49. The number of benzene rings is 1. The molecule has 32 heavy (non-hydrogen) atoms. The second-order valence-corrected chi connectivity index (χ2v) is 8.35. The Balaban J connectivity index is 1.37. The minimum absolute atomic E-state index is 0.0679. The molecule has 2 N–H and O–H groups in total. The molecule has 3 heterocycles. The van der Waals surface area contributed by atoms with E-state index < -0.39 is 5.91 Å². The van der Waals surface area contributed by atoms with Crippen LogP contribution in [0.2, 0.25) is 0 Å². The zero-order valence-electron chi connectivity index (χ0n) is 18.8. The number of rotatable bonds is 6. The van der Waals surface area contributed by atoms with E-state index in [-0.39, 0.29) is 11.8 Å². The van der Waals surface area contributed by atoms with E-state index in [0.29, 0.717) is 49.0 Å². The summed E-state index contributed by atoms with van der Waals surface area (Å²) in [5.41, 5.74) is 8.65. The molecule has 1 fully saturated rings. The van der Waals surface area contributed by atoms with Gasteiger partial charge in [0.05, 0.1) is 32.0 Å². The first kappa shape index (κ1) is 22.0. The minimum atomic E-state index is -0.531. The summed E-state index contributed by atoms with van der Waals surface area (Å²) in [5, 5.41) is 0. The average Bonchev–Trinajstić information content (AvgIpc) is 3.28. The summed E-state index contributed by atoms with van der Waals surface area (Å²) in [6.07, 6.45) is 3.16. The third kappa shape index (κ3) is 4.38. The molecule has 1 saturated heterocycles. The highest BCUT2D eigenvalue weighted by molar-refractivity contribution is 5.93. The molecule has 9 heteroatoms. The molecule has 1 aromatic heterocycles. The summed E-state index contributed by atoms with van der Waals surface area (Å²) < 4.78 is 10.8. The first-order chi connectivity index (χ1) is 15.4. The fraction of sp³-hybridized carbons (Fsp3) is 0.478. The molecule has 2 aliphatic rings. The van der Waals surface area contributed by atoms with E-state index in [1.54, 1.807) is 21.1 Å². The van der Waals surface area contributed by atoms with Gasteiger partial charge in [0.25, 0.3) is 5.91 Å². The van der Waals surface area contributed by atoms with E-state index in [2.05, 4.69) is 14.9 Å². The third-order valence-corrected chi connectivity index (χ3v) is 6.33. The van der Waals surface area contributed by atoms with Gasteiger partial charge in [-0.15, -0.1) is 0 Å². The summed E-state index contributed by atoms with van der Waals surface area (Å²) in [5.74, 6) is 1.76. The van der Waals surface area contributed by atoms with Crippen molar-refractivity contribution in [3.63, 3.8) is 0 Å². The normalized spacial score (nSPS) is 18.3. The van der Waals surface area contributed by atoms with Gasteiger partial charge in [-0.1, -0.05) is 0 Å². The summed E-state index contributed by atoms with van der Waals surface area (Å²) >= 11 is 0. The van der Waals surface area contributed by atoms with Crippen molar-refractivity contribution in [1.82, 2.24) is 19.8 Å². The number of hydrogen-bond donors (Lipinski definition) is 1. The number of aromatic nitrogens is 2. The van der Waals surface area contributed by atoms with E-state index in [9.17, 15) is 9.59 Å². The molecular weight excluding hydrogens is 410 g/mol. The molecule has 0 unspecified atom stereocenters. The monoisotopic (exact) mass is 439 g/mol. The van der Waals surface area contributed by atoms with Gasteiger partial charge in [-0.05, 0) is 43.0 Å². The second-order valence-electron chi connectivity index (χ2n) is 8.35. The van der Waals surface area contributed by atoms with Crippen LogP contribution in [0.5, 0.6) is 11.5 Å². The number of nitrogens with two attached hydrogens (primary N) is 1. The summed E-state index contributed by atoms with van der Waals surface area (Å²) in [6, 6.07) is 4.04. The number of likely N-dealkylation sites (tertiary alicyclic amines) is 1. The van der Waals surface area contributed by atoms with Crippen molar-refractivity contribution in [2.75, 3.05) is 40.4 Å². The molecule has 0 spiro atoms. The van der Waals surface area contributed by atoms with Crippen LogP contribution in [-0.4, -0.2) is 72.0 Å². The molecule has 2 amide bonds. The van der Waals surface area contributed by atoms with Crippen LogP contribution in [0.3, 0.4) is 0 Å². The first-order valence-corrected chi connectivity index (χ1v) is 10.8. The highest BCUT2D eigenvalue weighted by Crippen LogP contribution is 2.33. The van der Waals surface area contributed by atoms with Crippen LogP contribution < -0.4 is 15.2 Å². The molecule has 4 rings (SSSR count). The van der Waals surface area contributed by atoms with Crippen LogP contribution in [0.4, 0.5) is 0 Å². The maximum Gasteiger partial charge on any atom is 0.252 e. The van der Waals surface area contributed by atoms with Crippen LogP contribution in [0.25, 0.3) is 0 Å². The Labute approximate surface area is 187 Å². The standard InChI is InChI=1S/C23H29N5O4/c1-14-18(22(24)30)10-25-23(26-14)16-5-7-28(12-16)21(29)13-27-6-4-15-8-19(31-2)20(32-3)9-17(15)11-27/h8-10,16H,4-7,11-13H2,1-3H3,(H2,24,30)/t16-/m0/s1. The van der Waals surface area contributed by atoms with E-state index in [1.165, 1.54) is 17.3 Å². The molecule has 0 bridgehead atoms. The average molecular weight is 440 g/mol. The summed E-state index contributed by atoms with van der Waals surface area (Å²) in [6.45, 7) is 4.92. The van der Waals surface area contributed by atoms with Crippen molar-refractivity contribution < 1.29 is 19.1 Å². The second kappa shape index (κ2) is 9.12. The van der Waals surface area contributed by atoms with E-state index in [0.717, 1.165) is 25.1 Å². The maximum atomic E-state index is 13.0. The van der Waals surface area contributed by atoms with Gasteiger partial charge in [0.15, 0.2) is 11.5 Å². The Morgan fingerprint density at radius 3 is 2.53 bits per heavy atom. The Hall–Kier alpha value is -3.20. The molecule has 1 aromatic carbocycles. The number of nitrogens with zero attached hydrogens (tertiary/aromatic N) is 4. The van der Waals surface area contributed by atoms with E-state index in [4.69, 9.17) is 15.2 Å². The van der Waals surface area contributed by atoms with Crippen LogP contribution in [-0.2, 0) is 17.8 Å². The predicted molar refractivity (Wildman–Crippen MR) is 118 cm³/mol. The summed E-state index contributed by atoms with van der Waals surface area (Å²) in [4.78, 5) is 37.2. The fourth-order valence-corrected chi connectivity index (χ4v) is 4.49. The Morgan fingerprint density at radius 1 is 1.16 bits per heavy atom. The Kier molecular flexibility index (Phi) is 6.27. The zero-order chi connectivity index (χ0) is 22.8. The lowest BCUT2D eigenvalue weighted by Gasteiger charge is -2.30. The number of hydrogen-bond acceptors (Lipinski definition) is 7. The van der Waals surface area contributed by atoms with Crippen molar-refractivity contribution in [1.29, 1.82) is 0 Å². The molecule has 0 saturated carbocycles. The van der Waals surface area contributed by atoms with E-state index >= 15 is 0 Å². The van der Waals surface area contributed by atoms with Crippen LogP contribution in [0, 0.1) is 6.92 Å². The lowest BCUT2D eigenvalue weighted by Crippen LogP contribution is -2.41. The van der Waals surface area contributed by atoms with Crippen LogP contribution >= 0.6 is 0 Å². The van der Waals surface area contributed by atoms with Gasteiger partial charge in [0.1, 0.15) is 5.82 Å². The van der Waals surface area contributed by atoms with Gasteiger partial charge in [-0.3, -0.25) is 14.5 Å². The van der Waals surface area contributed by atoms with Crippen molar-refractivity contribution in [3.8, 4) is 11.5 Å². The van der Waals surface area contributed by atoms with Gasteiger partial charge in [-0.2, -0.15) is 0 Å². The third-order valence-electron chi connectivity index (χ3n) is 6.33. The topological polar surface area (TPSA) is 111 Å². The molecule has 0 radical (unpaired) electrons. The number of carbonyl (C=O) groups excluding carboxylic acids is 2. The van der Waals surface area contributed by atoms with Gasteiger partial charge in [-0.25, -0.2) is 9.97 Å². The molecule has 9 nitrogen and oxygen atoms in total. The number of primary amides is 1. The molecule has 170 valence electrons. The van der Waals surface area contributed by atoms with Crippen molar-refractivity contribution >= 4 is 11.8 Å². The van der Waals surface area contributed by atoms with Crippen molar-refractivity contribution in [2.24, 2.45) is 5.73 Å². The summed E-state index contributed by atoms with van der Waals surface area (Å²) in [7, 11) is 3.27. The Bertz CT molecular complexity index is 1040. The minimum Gasteiger partial charge on any atom is -0.493 e. The van der Waals surface area contributed by atoms with Gasteiger partial charge in [0, 0.05) is 38.3 Å². The largest absolute Gasteiger partial charge is 0.493 e. The number of methoxy groups -OCH3 is 2. The lowest BCUT2D eigenvalue weighted by molar-refractivity contribution is -0.131. The predicted octanol–water partition coefficient (Wildman–Crippen LogP) is 1.28. The highest BCUT2D eigenvalue weighted by atomic mass is 16.5. The van der Waals surface area contributed by atoms with Gasteiger partial charge in [0.2, 0.25) is 5.91 Å². The molecular formula is C23H29N5O4. The zero-order valence-corrected chi connectivity index (χ0v) is 18.8. The molecule has 2 aromatic rings. The number of aryl methyl sites for hydroxylation is 1. The van der Waals surface area contributed by atoms with Gasteiger partial charge < -0.3 is 20.1 Å². The smallest absolute Gasteiger partial charge is 0.252 e. The quantitative estimate of drug-likeness (QED) is 0.722. The van der Waals surface area contributed by atoms with Crippen molar-refractivity contribution in [2.45, 2.75) is 32.2 Å². The highest BCUT2D eigenvalue weighted by Gasteiger charge is 2.31. The SMILES string of the molecule is COc1cc2c(cc1OC)CN(CC(=O)N1CC[C@H](c3ncc(C(N)=O)c(C)n3)C1)CC2. The van der Waals surface area contributed by atoms with Crippen LogP contribution in [0.15, 0.2) is 18.3 Å². The molecule has 1 atom stereocenters. The molecule has 0 aliphatic carbocycles. The van der Waals surface area contributed by atoms with Gasteiger partial charge >= 0.3 is 0 Å². The number of carbonyl (C=O) groups is 2. The van der Waals surface area contributed by atoms with Crippen LogP contribution in [0.1, 0.15) is 45.3 Å². The Morgan fingerprint density at radius 2 is 1.88 bits per heavy atom. The van der Waals surface area contributed by atoms with Crippen molar-refractivity contribution in [3.05, 3.63) is 46.5 Å². The number of ether oxygens (including phenoxy) is 2. The molecule has 2 aliphatic heterocycles. The maximum absolute atomic E-state index is 13.0. The lowest BCUT2D eigenvalue weighted by atomic mass is 9.99. The number of fused-ring (bicyclic) bond motifs is 1.